The summed E-state index contributed by atoms with van der Waals surface area (Å²) in [5.74, 6) is 1.76. The van der Waals surface area contributed by atoms with Crippen LogP contribution in [0.3, 0.4) is 0 Å². The molecule has 4 aliphatic rings. The molecule has 64 valence electrons. The molecule has 0 radical (unpaired) electrons. The van der Waals surface area contributed by atoms with Crippen LogP contribution in [0.5, 0.6) is 0 Å². The average molecular weight is 160 g/mol. The van der Waals surface area contributed by atoms with Crippen molar-refractivity contribution in [1.82, 2.24) is 0 Å². The lowest BCUT2D eigenvalue weighted by molar-refractivity contribution is 0.0569. The van der Waals surface area contributed by atoms with Crippen molar-refractivity contribution in [2.45, 2.75) is 27.2 Å². The highest BCUT2D eigenvalue weighted by Gasteiger charge is 2.72. The molecule has 3 fully saturated rings. The molecule has 0 heterocycles. The summed E-state index contributed by atoms with van der Waals surface area (Å²) in [6.45, 7) is 7.08. The van der Waals surface area contributed by atoms with E-state index < -0.39 is 0 Å². The van der Waals surface area contributed by atoms with E-state index in [9.17, 15) is 0 Å². The predicted octanol–water partition coefficient (Wildman–Crippen LogP) is 3.16. The Morgan fingerprint density at radius 1 is 1.50 bits per heavy atom. The van der Waals surface area contributed by atoms with Crippen molar-refractivity contribution in [3.63, 3.8) is 0 Å². The zero-order valence-corrected chi connectivity index (χ0v) is 8.09. The van der Waals surface area contributed by atoms with Crippen molar-refractivity contribution >= 4 is 0 Å². The van der Waals surface area contributed by atoms with E-state index in [-0.39, 0.29) is 0 Å². The monoisotopic (exact) mass is 160 g/mol. The Hall–Kier alpha value is -0.520. The molecule has 0 aromatic rings. The zero-order chi connectivity index (χ0) is 8.56. The summed E-state index contributed by atoms with van der Waals surface area (Å²) in [5, 5.41) is 0. The molecule has 4 rings (SSSR count). The second-order valence-corrected chi connectivity index (χ2v) is 5.14. The van der Waals surface area contributed by atoms with Crippen molar-refractivity contribution in [2.75, 3.05) is 0 Å². The average Bonchev–Trinajstić information content (AvgIpc) is 2.63. The van der Waals surface area contributed by atoms with Crippen molar-refractivity contribution in [3.8, 4) is 0 Å². The minimum Gasteiger partial charge on any atom is -0.0872 e. The van der Waals surface area contributed by atoms with E-state index in [1.165, 1.54) is 6.42 Å². The SMILES string of the molecule is CC=C1C2C3C=CC1(C3)C2(C)C. The van der Waals surface area contributed by atoms with Crippen LogP contribution in [0.15, 0.2) is 23.8 Å². The van der Waals surface area contributed by atoms with Crippen LogP contribution in [0, 0.1) is 22.7 Å². The van der Waals surface area contributed by atoms with E-state index >= 15 is 0 Å². The molecular formula is C12H16. The quantitative estimate of drug-likeness (QED) is 0.477. The predicted molar refractivity (Wildman–Crippen MR) is 50.7 cm³/mol. The third kappa shape index (κ3) is 0.396. The van der Waals surface area contributed by atoms with E-state index in [1.807, 2.05) is 0 Å². The normalized spacial score (nSPS) is 54.8. The van der Waals surface area contributed by atoms with Crippen molar-refractivity contribution < 1.29 is 0 Å². The molecule has 0 aromatic heterocycles. The molecule has 0 aliphatic heterocycles. The van der Waals surface area contributed by atoms with Gasteiger partial charge in [-0.15, -0.1) is 0 Å². The molecule has 0 amide bonds. The van der Waals surface area contributed by atoms with Gasteiger partial charge in [0.1, 0.15) is 0 Å². The lowest BCUT2D eigenvalue weighted by Gasteiger charge is -2.58. The van der Waals surface area contributed by atoms with Crippen LogP contribution in [-0.4, -0.2) is 0 Å². The molecular weight excluding hydrogens is 144 g/mol. The van der Waals surface area contributed by atoms with Gasteiger partial charge in [-0.3, -0.25) is 0 Å². The maximum absolute atomic E-state index is 2.48. The van der Waals surface area contributed by atoms with Crippen LogP contribution < -0.4 is 0 Å². The van der Waals surface area contributed by atoms with E-state index in [0.29, 0.717) is 10.8 Å². The Bertz CT molecular complexity index is 306. The van der Waals surface area contributed by atoms with Gasteiger partial charge in [0.05, 0.1) is 0 Å². The summed E-state index contributed by atoms with van der Waals surface area (Å²) >= 11 is 0. The second kappa shape index (κ2) is 1.57. The smallest absolute Gasteiger partial charge is 0.0157 e. The van der Waals surface area contributed by atoms with Crippen LogP contribution in [0.2, 0.25) is 0 Å². The van der Waals surface area contributed by atoms with Gasteiger partial charge in [0.2, 0.25) is 0 Å². The van der Waals surface area contributed by atoms with Crippen LogP contribution in [0.4, 0.5) is 0 Å². The Balaban J connectivity index is 2.22. The fraction of sp³-hybridized carbons (Fsp3) is 0.667. The molecule has 0 aromatic carbocycles. The molecule has 1 spiro atoms. The summed E-state index contributed by atoms with van der Waals surface area (Å²) in [4.78, 5) is 0. The van der Waals surface area contributed by atoms with Crippen LogP contribution >= 0.6 is 0 Å². The summed E-state index contributed by atoms with van der Waals surface area (Å²) in [6, 6.07) is 0. The maximum Gasteiger partial charge on any atom is 0.0157 e. The van der Waals surface area contributed by atoms with Gasteiger partial charge in [-0.1, -0.05) is 37.6 Å². The highest BCUT2D eigenvalue weighted by molar-refractivity contribution is 5.50. The summed E-state index contributed by atoms with van der Waals surface area (Å²) in [5.41, 5.74) is 2.80. The maximum atomic E-state index is 2.48. The lowest BCUT2D eigenvalue weighted by Crippen LogP contribution is -2.51. The van der Waals surface area contributed by atoms with E-state index in [2.05, 4.69) is 39.0 Å². The highest BCUT2D eigenvalue weighted by Crippen LogP contribution is 2.79. The molecule has 3 saturated carbocycles. The summed E-state index contributed by atoms with van der Waals surface area (Å²) in [6.07, 6.45) is 8.69. The van der Waals surface area contributed by atoms with Crippen molar-refractivity contribution in [1.29, 1.82) is 0 Å². The van der Waals surface area contributed by atoms with E-state index in [1.54, 1.807) is 5.57 Å². The first-order chi connectivity index (χ1) is 5.63. The van der Waals surface area contributed by atoms with Crippen LogP contribution in [0.1, 0.15) is 27.2 Å². The second-order valence-electron chi connectivity index (χ2n) is 5.14. The fourth-order valence-electron chi connectivity index (χ4n) is 4.16. The van der Waals surface area contributed by atoms with Gasteiger partial charge in [-0.2, -0.15) is 0 Å². The largest absolute Gasteiger partial charge is 0.0872 e. The highest BCUT2D eigenvalue weighted by atomic mass is 14.7. The van der Waals surface area contributed by atoms with Crippen molar-refractivity contribution in [3.05, 3.63) is 23.8 Å². The number of allylic oxidation sites excluding steroid dienone is 4. The first-order valence-electron chi connectivity index (χ1n) is 4.99. The van der Waals surface area contributed by atoms with Crippen LogP contribution in [0.25, 0.3) is 0 Å². The zero-order valence-electron chi connectivity index (χ0n) is 8.09. The van der Waals surface area contributed by atoms with E-state index in [0.717, 1.165) is 11.8 Å². The van der Waals surface area contributed by atoms with Crippen LogP contribution in [-0.2, 0) is 0 Å². The Morgan fingerprint density at radius 2 is 2.25 bits per heavy atom. The first kappa shape index (κ1) is 6.94. The molecule has 0 heteroatoms. The third-order valence-corrected chi connectivity index (χ3v) is 4.70. The van der Waals surface area contributed by atoms with Gasteiger partial charge in [0, 0.05) is 5.41 Å². The molecule has 3 unspecified atom stereocenters. The number of rotatable bonds is 0. The van der Waals surface area contributed by atoms with Crippen molar-refractivity contribution in [2.24, 2.45) is 22.7 Å². The van der Waals surface area contributed by atoms with Gasteiger partial charge in [0.15, 0.2) is 0 Å². The topological polar surface area (TPSA) is 0 Å². The molecule has 0 saturated heterocycles. The van der Waals surface area contributed by atoms with E-state index in [4.69, 9.17) is 0 Å². The first-order valence-corrected chi connectivity index (χ1v) is 4.99. The molecule has 0 nitrogen and oxygen atoms in total. The third-order valence-electron chi connectivity index (χ3n) is 4.70. The number of hydrogen-bond acceptors (Lipinski definition) is 0. The number of hydrogen-bond donors (Lipinski definition) is 0. The van der Waals surface area contributed by atoms with Gasteiger partial charge in [0.25, 0.3) is 0 Å². The standard InChI is InChI=1S/C12H16/c1-4-9-10-8-5-6-12(9,7-8)11(10,2)3/h4-6,8,10H,7H2,1-3H3. The minimum atomic E-state index is 0.497. The lowest BCUT2D eigenvalue weighted by atomic mass is 9.46. The Morgan fingerprint density at radius 3 is 2.50 bits per heavy atom. The summed E-state index contributed by atoms with van der Waals surface area (Å²) in [7, 11) is 0. The van der Waals surface area contributed by atoms with Gasteiger partial charge >= 0.3 is 0 Å². The molecule has 12 heavy (non-hydrogen) atoms. The Kier molecular flexibility index (Phi) is 0.909. The molecule has 3 atom stereocenters. The van der Waals surface area contributed by atoms with Gasteiger partial charge in [-0.25, -0.2) is 0 Å². The molecule has 3 bridgehead atoms. The Labute approximate surface area is 74.4 Å². The van der Waals surface area contributed by atoms with Gasteiger partial charge in [-0.05, 0) is 30.6 Å². The fourth-order valence-corrected chi connectivity index (χ4v) is 4.16. The molecule has 0 N–H and O–H groups in total. The summed E-state index contributed by atoms with van der Waals surface area (Å²) < 4.78 is 0. The molecule has 4 aliphatic carbocycles. The minimum absolute atomic E-state index is 0.497. The van der Waals surface area contributed by atoms with Gasteiger partial charge < -0.3 is 0 Å².